The Hall–Kier alpha value is -0.810. The van der Waals surface area contributed by atoms with Crippen LogP contribution in [0, 0.1) is 0 Å². The first-order chi connectivity index (χ1) is 6.01. The molecule has 0 saturated carbocycles. The molecule has 14 heavy (non-hydrogen) atoms. The quantitative estimate of drug-likeness (QED) is 0.402. The van der Waals surface area contributed by atoms with Gasteiger partial charge in [-0.15, -0.1) is 5.17 Å². The van der Waals surface area contributed by atoms with Crippen molar-refractivity contribution in [1.82, 2.24) is 5.17 Å². The summed E-state index contributed by atoms with van der Waals surface area (Å²) < 4.78 is 4.98. The lowest BCUT2D eigenvalue weighted by atomic mass is 10.2. The summed E-state index contributed by atoms with van der Waals surface area (Å²) in [5.74, 6) is 5.35. The van der Waals surface area contributed by atoms with E-state index >= 15 is 0 Å². The standard InChI is InChI=1S/C9H20N2O3/c1-8(2,3)13-7(12)11(10)14-9(4,5)6/h10H2,1-6H3. The highest BCUT2D eigenvalue weighted by Gasteiger charge is 2.24. The first-order valence-corrected chi connectivity index (χ1v) is 4.48. The molecule has 0 aliphatic carbocycles. The highest BCUT2D eigenvalue weighted by molar-refractivity contribution is 5.66. The van der Waals surface area contributed by atoms with Crippen molar-refractivity contribution in [2.45, 2.75) is 52.7 Å². The number of amides is 1. The maximum absolute atomic E-state index is 11.3. The summed E-state index contributed by atoms with van der Waals surface area (Å²) in [5.41, 5.74) is -1.10. The van der Waals surface area contributed by atoms with Gasteiger partial charge in [-0.2, -0.15) is 0 Å². The van der Waals surface area contributed by atoms with Gasteiger partial charge in [0, 0.05) is 0 Å². The third kappa shape index (κ3) is 6.68. The van der Waals surface area contributed by atoms with Crippen LogP contribution in [0.3, 0.4) is 0 Å². The van der Waals surface area contributed by atoms with Crippen LogP contribution in [-0.2, 0) is 9.57 Å². The smallest absolute Gasteiger partial charge is 0.441 e. The van der Waals surface area contributed by atoms with Gasteiger partial charge in [0.05, 0.1) is 5.60 Å². The van der Waals surface area contributed by atoms with Crippen molar-refractivity contribution in [2.75, 3.05) is 0 Å². The molecule has 0 spiro atoms. The molecule has 0 unspecified atom stereocenters. The highest BCUT2D eigenvalue weighted by atomic mass is 16.8. The fourth-order valence-corrected chi connectivity index (χ4v) is 0.639. The molecule has 0 rings (SSSR count). The van der Waals surface area contributed by atoms with E-state index in [0.717, 1.165) is 0 Å². The first kappa shape index (κ1) is 13.2. The number of hydrazine groups is 1. The van der Waals surface area contributed by atoms with Crippen LogP contribution in [0.2, 0.25) is 0 Å². The lowest BCUT2D eigenvalue weighted by Gasteiger charge is -2.28. The molecule has 0 bridgehead atoms. The molecule has 0 fully saturated rings. The third-order valence-corrected chi connectivity index (χ3v) is 0.946. The summed E-state index contributed by atoms with van der Waals surface area (Å²) >= 11 is 0. The van der Waals surface area contributed by atoms with Gasteiger partial charge in [-0.1, -0.05) is 0 Å². The lowest BCUT2D eigenvalue weighted by Crippen LogP contribution is -2.45. The molecule has 5 nitrogen and oxygen atoms in total. The van der Waals surface area contributed by atoms with Crippen LogP contribution in [0.15, 0.2) is 0 Å². The molecule has 0 aromatic rings. The zero-order valence-corrected chi connectivity index (χ0v) is 9.75. The third-order valence-electron chi connectivity index (χ3n) is 0.946. The monoisotopic (exact) mass is 204 g/mol. The summed E-state index contributed by atoms with van der Waals surface area (Å²) in [6.45, 7) is 10.6. The van der Waals surface area contributed by atoms with E-state index in [-0.39, 0.29) is 0 Å². The molecule has 0 radical (unpaired) electrons. The number of hydrogen-bond donors (Lipinski definition) is 1. The first-order valence-electron chi connectivity index (χ1n) is 4.48. The number of rotatable bonds is 1. The van der Waals surface area contributed by atoms with Crippen molar-refractivity contribution in [3.63, 3.8) is 0 Å². The van der Waals surface area contributed by atoms with Crippen LogP contribution in [0.4, 0.5) is 4.79 Å². The van der Waals surface area contributed by atoms with E-state index in [1.807, 2.05) is 0 Å². The van der Waals surface area contributed by atoms with Gasteiger partial charge in [-0.25, -0.2) is 15.5 Å². The molecular weight excluding hydrogens is 184 g/mol. The fourth-order valence-electron chi connectivity index (χ4n) is 0.639. The van der Waals surface area contributed by atoms with Crippen molar-refractivity contribution < 1.29 is 14.4 Å². The van der Waals surface area contributed by atoms with Gasteiger partial charge in [0.15, 0.2) is 0 Å². The molecule has 0 atom stereocenters. The molecular formula is C9H20N2O3. The van der Waals surface area contributed by atoms with Crippen molar-refractivity contribution in [3.05, 3.63) is 0 Å². The molecule has 5 heteroatoms. The van der Waals surface area contributed by atoms with Crippen molar-refractivity contribution in [1.29, 1.82) is 0 Å². The van der Waals surface area contributed by atoms with E-state index in [0.29, 0.717) is 5.17 Å². The van der Waals surface area contributed by atoms with Crippen LogP contribution in [0.5, 0.6) is 0 Å². The number of hydrogen-bond acceptors (Lipinski definition) is 4. The summed E-state index contributed by atoms with van der Waals surface area (Å²) in [6.07, 6.45) is -0.701. The molecule has 0 aromatic heterocycles. The Morgan fingerprint density at radius 1 is 1.07 bits per heavy atom. The van der Waals surface area contributed by atoms with E-state index in [1.165, 1.54) is 0 Å². The number of carbonyl (C=O) groups excluding carboxylic acids is 1. The van der Waals surface area contributed by atoms with Gasteiger partial charge >= 0.3 is 6.09 Å². The maximum atomic E-state index is 11.3. The Labute approximate surface area is 85.1 Å². The van der Waals surface area contributed by atoms with E-state index in [4.69, 9.17) is 15.4 Å². The minimum absolute atomic E-state index is 0.522. The van der Waals surface area contributed by atoms with Crippen molar-refractivity contribution in [3.8, 4) is 0 Å². The molecule has 0 aromatic carbocycles. The number of carbonyl (C=O) groups is 1. The minimum Gasteiger partial charge on any atom is -0.441 e. The van der Waals surface area contributed by atoms with Gasteiger partial charge in [0.2, 0.25) is 0 Å². The molecule has 0 heterocycles. The molecule has 0 saturated heterocycles. The Morgan fingerprint density at radius 2 is 1.50 bits per heavy atom. The highest BCUT2D eigenvalue weighted by Crippen LogP contribution is 2.12. The van der Waals surface area contributed by atoms with Gasteiger partial charge in [-0.3, -0.25) is 0 Å². The Balaban J connectivity index is 4.15. The Bertz CT molecular complexity index is 203. The van der Waals surface area contributed by atoms with E-state index in [9.17, 15) is 4.79 Å². The van der Waals surface area contributed by atoms with Gasteiger partial charge in [0.25, 0.3) is 0 Å². The number of hydroxylamine groups is 1. The van der Waals surface area contributed by atoms with Crippen molar-refractivity contribution >= 4 is 6.09 Å². The zero-order chi connectivity index (χ0) is 11.6. The van der Waals surface area contributed by atoms with Crippen LogP contribution >= 0.6 is 0 Å². The summed E-state index contributed by atoms with van der Waals surface area (Å²) in [6, 6.07) is 0. The van der Waals surface area contributed by atoms with Gasteiger partial charge < -0.3 is 4.74 Å². The normalized spacial score (nSPS) is 12.5. The molecule has 84 valence electrons. The second kappa shape index (κ2) is 4.14. The van der Waals surface area contributed by atoms with E-state index in [1.54, 1.807) is 41.5 Å². The minimum atomic E-state index is -0.701. The van der Waals surface area contributed by atoms with E-state index in [2.05, 4.69) is 0 Å². The Kier molecular flexibility index (Phi) is 3.91. The van der Waals surface area contributed by atoms with Crippen LogP contribution in [0.1, 0.15) is 41.5 Å². The summed E-state index contributed by atoms with van der Waals surface area (Å²) in [4.78, 5) is 16.4. The average Bonchev–Trinajstić information content (AvgIpc) is 1.78. The summed E-state index contributed by atoms with van der Waals surface area (Å²) in [7, 11) is 0. The molecule has 2 N–H and O–H groups in total. The second-order valence-electron chi connectivity index (χ2n) is 5.01. The topological polar surface area (TPSA) is 64.8 Å². The van der Waals surface area contributed by atoms with Gasteiger partial charge in [-0.05, 0) is 41.5 Å². The summed E-state index contributed by atoms with van der Waals surface area (Å²) in [5, 5.41) is 0.616. The predicted molar refractivity (Wildman–Crippen MR) is 53.1 cm³/mol. The maximum Gasteiger partial charge on any atom is 0.449 e. The number of nitrogens with two attached hydrogens (primary N) is 1. The molecule has 0 aliphatic rings. The lowest BCUT2D eigenvalue weighted by molar-refractivity contribution is -0.213. The fraction of sp³-hybridized carbons (Fsp3) is 0.889. The SMILES string of the molecule is CC(C)(C)OC(=O)N(N)OC(C)(C)C. The van der Waals surface area contributed by atoms with Crippen LogP contribution < -0.4 is 5.84 Å². The number of ether oxygens (including phenoxy) is 1. The van der Waals surface area contributed by atoms with E-state index < -0.39 is 17.3 Å². The van der Waals surface area contributed by atoms with Crippen LogP contribution in [-0.4, -0.2) is 22.5 Å². The Morgan fingerprint density at radius 3 is 1.79 bits per heavy atom. The van der Waals surface area contributed by atoms with Crippen molar-refractivity contribution in [2.24, 2.45) is 5.84 Å². The van der Waals surface area contributed by atoms with Gasteiger partial charge in [0.1, 0.15) is 5.60 Å². The van der Waals surface area contributed by atoms with Crippen LogP contribution in [0.25, 0.3) is 0 Å². The molecule has 0 aliphatic heterocycles. The largest absolute Gasteiger partial charge is 0.449 e. The average molecular weight is 204 g/mol. The number of nitrogens with zero attached hydrogens (tertiary/aromatic N) is 1. The predicted octanol–water partition coefficient (Wildman–Crippen LogP) is 1.83. The molecule has 1 amide bonds. The second-order valence-corrected chi connectivity index (χ2v) is 5.01. The zero-order valence-electron chi connectivity index (χ0n) is 9.75.